The van der Waals surface area contributed by atoms with Crippen molar-refractivity contribution in [2.75, 3.05) is 18.1 Å². The first-order chi connectivity index (χ1) is 20.1. The molecule has 1 aliphatic carbocycles. The van der Waals surface area contributed by atoms with Crippen LogP contribution in [0, 0.1) is 5.92 Å². The van der Waals surface area contributed by atoms with E-state index in [2.05, 4.69) is 5.32 Å². The normalized spacial score (nSPS) is 15.1. The molecule has 15 heteroatoms. The summed E-state index contributed by atoms with van der Waals surface area (Å²) in [6, 6.07) is 8.69. The van der Waals surface area contributed by atoms with Gasteiger partial charge in [0, 0.05) is 25.6 Å². The van der Waals surface area contributed by atoms with Gasteiger partial charge in [-0.1, -0.05) is 43.5 Å². The van der Waals surface area contributed by atoms with Gasteiger partial charge < -0.3 is 40.3 Å². The summed E-state index contributed by atoms with van der Waals surface area (Å²) in [5, 5.41) is 0.281. The fourth-order valence-electron chi connectivity index (χ4n) is 5.31. The second kappa shape index (κ2) is 14.6. The van der Waals surface area contributed by atoms with Crippen LogP contribution in [-0.4, -0.2) is 56.5 Å². The molecule has 1 fully saturated rings. The summed E-state index contributed by atoms with van der Waals surface area (Å²) >= 11 is 0. The average molecular weight is 640 g/mol. The summed E-state index contributed by atoms with van der Waals surface area (Å²) < 4.78 is 29.5. The molecule has 0 saturated heterocycles. The number of hydrogen-bond acceptors (Lipinski definition) is 6. The van der Waals surface area contributed by atoms with Crippen molar-refractivity contribution >= 4 is 38.6 Å². The lowest BCUT2D eigenvalue weighted by molar-refractivity contribution is -0.126. The first-order valence-corrected chi connectivity index (χ1v) is 17.3. The summed E-state index contributed by atoms with van der Waals surface area (Å²) in [6.07, 6.45) is 5.56. The molecular weight excluding hydrogens is 600 g/mol. The number of nitrogens with zero attached hydrogens (tertiary/aromatic N) is 1. The van der Waals surface area contributed by atoms with E-state index >= 15 is 0 Å². The van der Waals surface area contributed by atoms with Crippen LogP contribution in [0.3, 0.4) is 0 Å². The Labute approximate surface area is 250 Å². The molecule has 0 heterocycles. The highest BCUT2D eigenvalue weighted by molar-refractivity contribution is 7.70. The first-order valence-electron chi connectivity index (χ1n) is 14.0. The Hall–Kier alpha value is -3.05. The molecule has 1 saturated carbocycles. The Balaban J connectivity index is 1.84. The molecule has 2 aromatic carbocycles. The number of nitrogens with one attached hydrogen (secondary N) is 1. The summed E-state index contributed by atoms with van der Waals surface area (Å²) in [7, 11) is -10.4. The van der Waals surface area contributed by atoms with Gasteiger partial charge in [0.2, 0.25) is 11.8 Å². The predicted octanol–water partition coefficient (Wildman–Crippen LogP) is 3.20. The lowest BCUT2D eigenvalue weighted by Crippen LogP contribution is -2.49. The number of ether oxygens (including phenoxy) is 1. The number of rotatable bonds is 13. The van der Waals surface area contributed by atoms with Crippen LogP contribution in [0.1, 0.15) is 72.8 Å². The maximum atomic E-state index is 13.7. The van der Waals surface area contributed by atoms with Crippen molar-refractivity contribution in [2.45, 2.75) is 63.8 Å². The minimum atomic E-state index is -5.20. The third-order valence-electron chi connectivity index (χ3n) is 7.35. The molecule has 2 aromatic rings. The second-order valence-corrected chi connectivity index (χ2v) is 14.5. The van der Waals surface area contributed by atoms with Gasteiger partial charge in [0.1, 0.15) is 11.8 Å². The molecule has 1 aliphatic rings. The highest BCUT2D eigenvalue weighted by Gasteiger charge is 2.44. The highest BCUT2D eigenvalue weighted by Crippen LogP contribution is 2.69. The zero-order chi connectivity index (χ0) is 31.9. The maximum absolute atomic E-state index is 13.7. The van der Waals surface area contributed by atoms with E-state index in [1.165, 1.54) is 36.4 Å². The van der Waals surface area contributed by atoms with Gasteiger partial charge in [-0.3, -0.25) is 23.5 Å². The Kier molecular flexibility index (Phi) is 11.7. The fraction of sp³-hybridized carbons (Fsp3) is 0.464. The van der Waals surface area contributed by atoms with Gasteiger partial charge in [0.15, 0.2) is 5.40 Å². The lowest BCUT2D eigenvalue weighted by Gasteiger charge is -2.28. The van der Waals surface area contributed by atoms with Gasteiger partial charge in [-0.2, -0.15) is 0 Å². The van der Waals surface area contributed by atoms with Gasteiger partial charge in [-0.25, -0.2) is 0 Å². The molecule has 3 amide bonds. The van der Waals surface area contributed by atoms with Gasteiger partial charge in [-0.05, 0) is 55.0 Å². The zero-order valence-corrected chi connectivity index (χ0v) is 25.9. The molecular formula is C28H39N3O10P2. The van der Waals surface area contributed by atoms with Crippen LogP contribution in [0.25, 0.3) is 0 Å². The number of anilines is 1. The molecule has 0 aromatic heterocycles. The van der Waals surface area contributed by atoms with Crippen LogP contribution in [0.15, 0.2) is 42.5 Å². The number of benzene rings is 2. The summed E-state index contributed by atoms with van der Waals surface area (Å²) in [6.45, 7) is 3.61. The van der Waals surface area contributed by atoms with Crippen molar-refractivity contribution in [1.29, 1.82) is 0 Å². The van der Waals surface area contributed by atoms with Gasteiger partial charge in [-0.15, -0.1) is 0 Å². The van der Waals surface area contributed by atoms with E-state index in [1.807, 2.05) is 0 Å². The number of amides is 3. The van der Waals surface area contributed by atoms with Crippen molar-refractivity contribution < 1.29 is 47.8 Å². The van der Waals surface area contributed by atoms with Crippen molar-refractivity contribution in [3.63, 3.8) is 0 Å². The number of hydrogen-bond donors (Lipinski definition) is 6. The molecule has 236 valence electrons. The topological polar surface area (TPSA) is 217 Å². The molecule has 13 nitrogen and oxygen atoms in total. The molecule has 43 heavy (non-hydrogen) atoms. The maximum Gasteiger partial charge on any atom is 0.345 e. The van der Waals surface area contributed by atoms with Gasteiger partial charge >= 0.3 is 15.2 Å². The monoisotopic (exact) mass is 639 g/mol. The van der Waals surface area contributed by atoms with Gasteiger partial charge in [0.25, 0.3) is 5.91 Å². The standard InChI is InChI=1S/C28H39N3O10P2/c1-3-31(22-13-14-25(23(16-22)26(29)33)41-17-20-7-5-4-6-8-20)27(34)24(30-18(2)32)15-19-9-11-21(12-10-19)28(42(35,36)37)43(38,39)40/h9-14,16,20,24,28H,3-8,15,17H2,1-2H3,(H2,29,33)(H,30,32)(H2,35,36,37)(H2,38,39,40). The minimum absolute atomic E-state index is 0.0447. The fourth-order valence-corrected chi connectivity index (χ4v) is 8.00. The van der Waals surface area contributed by atoms with Gasteiger partial charge in [0.05, 0.1) is 12.2 Å². The van der Waals surface area contributed by atoms with Crippen LogP contribution in [0.5, 0.6) is 5.75 Å². The Bertz CT molecular complexity index is 1380. The summed E-state index contributed by atoms with van der Waals surface area (Å²) in [5.41, 5.74) is 6.31. The minimum Gasteiger partial charge on any atom is -0.492 e. The van der Waals surface area contributed by atoms with E-state index in [1.54, 1.807) is 19.1 Å². The largest absolute Gasteiger partial charge is 0.492 e. The second-order valence-electron chi connectivity index (χ2n) is 10.7. The van der Waals surface area contributed by atoms with E-state index < -0.39 is 44.4 Å². The highest BCUT2D eigenvalue weighted by atomic mass is 31.2. The van der Waals surface area contributed by atoms with Crippen molar-refractivity contribution in [3.05, 3.63) is 59.2 Å². The molecule has 0 bridgehead atoms. The SMILES string of the molecule is CCN(C(=O)C(Cc1ccc(C(P(=O)(O)O)P(=O)(O)O)cc1)NC(C)=O)c1ccc(OCC2CCCCC2)c(C(N)=O)c1. The van der Waals surface area contributed by atoms with Crippen LogP contribution in [-0.2, 0) is 25.1 Å². The Morgan fingerprint density at radius 2 is 1.60 bits per heavy atom. The number of nitrogens with two attached hydrogens (primary N) is 1. The van der Waals surface area contributed by atoms with Crippen molar-refractivity contribution in [3.8, 4) is 5.75 Å². The molecule has 3 rings (SSSR count). The number of likely N-dealkylation sites (N-methyl/N-ethyl adjacent to an activating group) is 1. The number of carbonyl (C=O) groups excluding carboxylic acids is 3. The van der Waals surface area contributed by atoms with Crippen LogP contribution < -0.4 is 20.7 Å². The lowest BCUT2D eigenvalue weighted by atomic mass is 9.90. The number of carbonyl (C=O) groups is 3. The molecule has 7 N–H and O–H groups in total. The number of primary amides is 1. The summed E-state index contributed by atoms with van der Waals surface area (Å²) in [4.78, 5) is 77.4. The Morgan fingerprint density at radius 3 is 2.12 bits per heavy atom. The zero-order valence-electron chi connectivity index (χ0n) is 24.1. The molecule has 0 radical (unpaired) electrons. The molecule has 1 unspecified atom stereocenters. The predicted molar refractivity (Wildman–Crippen MR) is 160 cm³/mol. The molecule has 0 aliphatic heterocycles. The van der Waals surface area contributed by atoms with E-state index in [0.717, 1.165) is 37.8 Å². The Morgan fingerprint density at radius 1 is 1.00 bits per heavy atom. The van der Waals surface area contributed by atoms with Crippen molar-refractivity contribution in [1.82, 2.24) is 5.32 Å². The van der Waals surface area contributed by atoms with E-state index in [0.29, 0.717) is 29.5 Å². The average Bonchev–Trinajstić information content (AvgIpc) is 2.92. The summed E-state index contributed by atoms with van der Waals surface area (Å²) in [5.74, 6) is -0.983. The smallest absolute Gasteiger partial charge is 0.345 e. The molecule has 1 atom stereocenters. The van der Waals surface area contributed by atoms with Crippen LogP contribution in [0.4, 0.5) is 5.69 Å². The van der Waals surface area contributed by atoms with Crippen LogP contribution in [0.2, 0.25) is 0 Å². The molecule has 0 spiro atoms. The van der Waals surface area contributed by atoms with Crippen molar-refractivity contribution in [2.24, 2.45) is 11.7 Å². The van der Waals surface area contributed by atoms with E-state index in [-0.39, 0.29) is 24.1 Å². The third-order valence-corrected chi connectivity index (χ3v) is 11.0. The first kappa shape index (κ1) is 34.4. The van der Waals surface area contributed by atoms with E-state index in [9.17, 15) is 43.1 Å². The van der Waals surface area contributed by atoms with E-state index in [4.69, 9.17) is 10.5 Å². The third kappa shape index (κ3) is 9.47. The van der Waals surface area contributed by atoms with Crippen LogP contribution >= 0.6 is 15.2 Å². The quantitative estimate of drug-likeness (QED) is 0.176.